The summed E-state index contributed by atoms with van der Waals surface area (Å²) < 4.78 is 5.94. The first kappa shape index (κ1) is 15.3. The van der Waals surface area contributed by atoms with Crippen LogP contribution in [0.4, 0.5) is 0 Å². The van der Waals surface area contributed by atoms with Crippen LogP contribution < -0.4 is 4.74 Å². The average Bonchev–Trinajstić information content (AvgIpc) is 2.71. The van der Waals surface area contributed by atoms with E-state index in [9.17, 15) is 9.90 Å². The van der Waals surface area contributed by atoms with Crippen LogP contribution in [0.3, 0.4) is 0 Å². The van der Waals surface area contributed by atoms with Crippen LogP contribution in [-0.4, -0.2) is 42.2 Å². The van der Waals surface area contributed by atoms with Crippen LogP contribution in [0.5, 0.6) is 5.75 Å². The zero-order valence-corrected chi connectivity index (χ0v) is 13.2. The molecular weight excluding hydrogens is 322 g/mol. The Balaban J connectivity index is 2.22. The van der Waals surface area contributed by atoms with Crippen molar-refractivity contribution in [3.8, 4) is 5.75 Å². The van der Waals surface area contributed by atoms with Crippen molar-refractivity contribution in [1.82, 2.24) is 4.90 Å². The molecule has 1 aromatic carbocycles. The van der Waals surface area contributed by atoms with Gasteiger partial charge < -0.3 is 14.7 Å². The Morgan fingerprint density at radius 2 is 2.25 bits per heavy atom. The highest BCUT2D eigenvalue weighted by atomic mass is 79.9. The van der Waals surface area contributed by atoms with E-state index < -0.39 is 0 Å². The van der Waals surface area contributed by atoms with Crippen LogP contribution in [0, 0.1) is 0 Å². The molecule has 20 heavy (non-hydrogen) atoms. The number of hydrogen-bond acceptors (Lipinski definition) is 3. The van der Waals surface area contributed by atoms with Gasteiger partial charge in [0, 0.05) is 12.1 Å². The number of rotatable bonds is 3. The third-order valence-corrected chi connectivity index (χ3v) is 4.37. The number of benzene rings is 1. The second kappa shape index (κ2) is 7.09. The van der Waals surface area contributed by atoms with Crippen molar-refractivity contribution in [1.29, 1.82) is 0 Å². The molecule has 0 spiro atoms. The fraction of sp³-hybridized carbons (Fsp3) is 0.533. The van der Waals surface area contributed by atoms with Crippen LogP contribution in [-0.2, 0) is 0 Å². The minimum atomic E-state index is -0.0640. The molecule has 1 aliphatic rings. The SMILES string of the molecule is COc1ccc(C(=O)N2CCCCCC2CO)cc1Br. The highest BCUT2D eigenvalue weighted by Crippen LogP contribution is 2.27. The van der Waals surface area contributed by atoms with Gasteiger partial charge in [-0.3, -0.25) is 4.79 Å². The molecule has 1 atom stereocenters. The molecule has 1 aromatic rings. The lowest BCUT2D eigenvalue weighted by Gasteiger charge is -2.28. The molecule has 1 aliphatic heterocycles. The van der Waals surface area contributed by atoms with Crippen molar-refractivity contribution in [3.63, 3.8) is 0 Å². The molecule has 1 unspecified atom stereocenters. The Labute approximate surface area is 127 Å². The Hall–Kier alpha value is -1.07. The number of carbonyl (C=O) groups excluding carboxylic acids is 1. The van der Waals surface area contributed by atoms with E-state index in [-0.39, 0.29) is 18.6 Å². The van der Waals surface area contributed by atoms with Crippen LogP contribution in [0.15, 0.2) is 22.7 Å². The molecule has 0 bridgehead atoms. The van der Waals surface area contributed by atoms with Gasteiger partial charge >= 0.3 is 0 Å². The van der Waals surface area contributed by atoms with Crippen LogP contribution in [0.1, 0.15) is 36.0 Å². The normalized spacial score (nSPS) is 19.6. The highest BCUT2D eigenvalue weighted by molar-refractivity contribution is 9.10. The van der Waals surface area contributed by atoms with Gasteiger partial charge in [-0.1, -0.05) is 12.8 Å². The van der Waals surface area contributed by atoms with Crippen molar-refractivity contribution in [2.45, 2.75) is 31.7 Å². The Morgan fingerprint density at radius 3 is 2.90 bits per heavy atom. The molecule has 0 aliphatic carbocycles. The van der Waals surface area contributed by atoms with E-state index in [2.05, 4.69) is 15.9 Å². The van der Waals surface area contributed by atoms with Gasteiger partial charge in [-0.25, -0.2) is 0 Å². The zero-order valence-electron chi connectivity index (χ0n) is 11.6. The Kier molecular flexibility index (Phi) is 5.43. The molecule has 110 valence electrons. The summed E-state index contributed by atoms with van der Waals surface area (Å²) in [6.45, 7) is 0.747. The fourth-order valence-corrected chi connectivity index (χ4v) is 3.14. The molecule has 0 aromatic heterocycles. The summed E-state index contributed by atoms with van der Waals surface area (Å²) >= 11 is 3.40. The van der Waals surface area contributed by atoms with Crippen molar-refractivity contribution >= 4 is 21.8 Å². The number of nitrogens with zero attached hydrogens (tertiary/aromatic N) is 1. The van der Waals surface area contributed by atoms with Gasteiger partial charge in [0.05, 0.1) is 24.2 Å². The first-order valence-electron chi connectivity index (χ1n) is 6.92. The standard InChI is InChI=1S/C15H20BrNO3/c1-20-14-7-6-11(9-13(14)16)15(19)17-8-4-2-3-5-12(17)10-18/h6-7,9,12,18H,2-5,8,10H2,1H3. The number of carbonyl (C=O) groups is 1. The quantitative estimate of drug-likeness (QED) is 0.919. The maximum Gasteiger partial charge on any atom is 0.254 e. The van der Waals surface area contributed by atoms with Crippen molar-refractivity contribution < 1.29 is 14.6 Å². The summed E-state index contributed by atoms with van der Waals surface area (Å²) in [5.74, 6) is 0.686. The lowest BCUT2D eigenvalue weighted by atomic mass is 10.1. The number of ether oxygens (including phenoxy) is 1. The number of methoxy groups -OCH3 is 1. The van der Waals surface area contributed by atoms with E-state index in [1.165, 1.54) is 0 Å². The summed E-state index contributed by atoms with van der Waals surface area (Å²) in [4.78, 5) is 14.4. The lowest BCUT2D eigenvalue weighted by Crippen LogP contribution is -2.42. The van der Waals surface area contributed by atoms with Crippen molar-refractivity contribution in [2.75, 3.05) is 20.3 Å². The maximum atomic E-state index is 12.6. The highest BCUT2D eigenvalue weighted by Gasteiger charge is 2.26. The van der Waals surface area contributed by atoms with E-state index in [0.29, 0.717) is 17.9 Å². The predicted molar refractivity (Wildman–Crippen MR) is 81.1 cm³/mol. The van der Waals surface area contributed by atoms with Crippen LogP contribution >= 0.6 is 15.9 Å². The number of amides is 1. The summed E-state index contributed by atoms with van der Waals surface area (Å²) in [6, 6.07) is 5.26. The topological polar surface area (TPSA) is 49.8 Å². The van der Waals surface area contributed by atoms with Crippen LogP contribution in [0.25, 0.3) is 0 Å². The van der Waals surface area contributed by atoms with E-state index >= 15 is 0 Å². The van der Waals surface area contributed by atoms with Crippen molar-refractivity contribution in [2.24, 2.45) is 0 Å². The molecule has 1 heterocycles. The third-order valence-electron chi connectivity index (χ3n) is 3.75. The second-order valence-electron chi connectivity index (χ2n) is 5.03. The zero-order chi connectivity index (χ0) is 14.5. The fourth-order valence-electron chi connectivity index (χ4n) is 2.60. The van der Waals surface area contributed by atoms with Gasteiger partial charge in [-0.15, -0.1) is 0 Å². The number of aliphatic hydroxyl groups excluding tert-OH is 1. The monoisotopic (exact) mass is 341 g/mol. The van der Waals surface area contributed by atoms with E-state index in [1.54, 1.807) is 30.2 Å². The van der Waals surface area contributed by atoms with Gasteiger partial charge in [0.25, 0.3) is 5.91 Å². The van der Waals surface area contributed by atoms with Crippen LogP contribution in [0.2, 0.25) is 0 Å². The molecule has 1 amide bonds. The summed E-state index contributed by atoms with van der Waals surface area (Å²) in [6.07, 6.45) is 4.06. The predicted octanol–water partition coefficient (Wildman–Crippen LogP) is 2.83. The Morgan fingerprint density at radius 1 is 1.45 bits per heavy atom. The smallest absolute Gasteiger partial charge is 0.254 e. The second-order valence-corrected chi connectivity index (χ2v) is 5.89. The molecule has 0 radical (unpaired) electrons. The van der Waals surface area contributed by atoms with Gasteiger partial charge in [0.1, 0.15) is 5.75 Å². The lowest BCUT2D eigenvalue weighted by molar-refractivity contribution is 0.0599. The molecule has 0 saturated carbocycles. The molecule has 2 rings (SSSR count). The van der Waals surface area contributed by atoms with Gasteiger partial charge in [-0.2, -0.15) is 0 Å². The molecule has 1 saturated heterocycles. The Bertz CT molecular complexity index is 478. The first-order valence-corrected chi connectivity index (χ1v) is 7.72. The summed E-state index contributed by atoms with van der Waals surface area (Å²) in [5, 5.41) is 9.50. The number of hydrogen-bond donors (Lipinski definition) is 1. The van der Waals surface area contributed by atoms with E-state index in [4.69, 9.17) is 4.74 Å². The third kappa shape index (κ3) is 3.33. The van der Waals surface area contributed by atoms with Gasteiger partial charge in [0.2, 0.25) is 0 Å². The number of likely N-dealkylation sites (tertiary alicyclic amines) is 1. The number of aliphatic hydroxyl groups is 1. The summed E-state index contributed by atoms with van der Waals surface area (Å²) in [5.41, 5.74) is 0.623. The maximum absolute atomic E-state index is 12.6. The molecular formula is C15H20BrNO3. The van der Waals surface area contributed by atoms with Crippen molar-refractivity contribution in [3.05, 3.63) is 28.2 Å². The molecule has 1 N–H and O–H groups in total. The van der Waals surface area contributed by atoms with Gasteiger partial charge in [0.15, 0.2) is 0 Å². The first-order chi connectivity index (χ1) is 9.67. The van der Waals surface area contributed by atoms with E-state index in [0.717, 1.165) is 30.2 Å². The number of halogens is 1. The molecule has 1 fully saturated rings. The minimum Gasteiger partial charge on any atom is -0.496 e. The average molecular weight is 342 g/mol. The molecule has 5 heteroatoms. The summed E-state index contributed by atoms with van der Waals surface area (Å²) in [7, 11) is 1.60. The minimum absolute atomic E-state index is 0.0192. The molecule has 4 nitrogen and oxygen atoms in total. The van der Waals surface area contributed by atoms with E-state index in [1.807, 2.05) is 0 Å². The largest absolute Gasteiger partial charge is 0.496 e. The van der Waals surface area contributed by atoms with Gasteiger partial charge in [-0.05, 0) is 47.0 Å².